The number of carbonyl (C=O) groups is 1. The lowest BCUT2D eigenvalue weighted by molar-refractivity contribution is -0.123. The van der Waals surface area contributed by atoms with E-state index in [1.165, 1.54) is 0 Å². The Morgan fingerprint density at radius 1 is 1.20 bits per heavy atom. The molecule has 0 aromatic rings. The van der Waals surface area contributed by atoms with Crippen LogP contribution in [0, 0.1) is 0 Å². The first kappa shape index (κ1) is 9.51. The molecule has 0 spiro atoms. The Hall–Kier alpha value is -0.490. The van der Waals surface area contributed by atoms with Crippen LogP contribution in [0.25, 0.3) is 0 Å². The van der Waals surface area contributed by atoms with Crippen LogP contribution in [0.5, 0.6) is 0 Å². The molecule has 0 bridgehead atoms. The zero-order valence-corrected chi connectivity index (χ0v) is 5.53. The minimum absolute atomic E-state index is 0.438. The van der Waals surface area contributed by atoms with Gasteiger partial charge in [0.1, 0.15) is 0 Å². The third-order valence-electron chi connectivity index (χ3n) is 1.12. The van der Waals surface area contributed by atoms with E-state index in [0.29, 0.717) is 0 Å². The number of Topliss-reactive ketones (excluding diaryl/α,β-unsaturated/α-hetero) is 1. The minimum atomic E-state index is -0.970. The Labute approximate surface area is 58.6 Å². The van der Waals surface area contributed by atoms with Gasteiger partial charge in [-0.05, 0) is 0 Å². The van der Waals surface area contributed by atoms with Crippen molar-refractivity contribution in [1.82, 2.24) is 0 Å². The van der Waals surface area contributed by atoms with E-state index >= 15 is 0 Å². The highest BCUT2D eigenvalue weighted by Crippen LogP contribution is 1.85. The highest BCUT2D eigenvalue weighted by atomic mass is 16.3. The van der Waals surface area contributed by atoms with E-state index in [0.717, 1.165) is 0 Å². The van der Waals surface area contributed by atoms with Gasteiger partial charge in [0.05, 0.1) is 25.3 Å². The molecule has 0 heterocycles. The van der Waals surface area contributed by atoms with Gasteiger partial charge in [0.15, 0.2) is 5.78 Å². The lowest BCUT2D eigenvalue weighted by atomic mass is 10.1. The molecule has 2 atom stereocenters. The number of rotatable bonds is 4. The van der Waals surface area contributed by atoms with Gasteiger partial charge in [-0.2, -0.15) is 0 Å². The molecule has 0 amide bonds. The van der Waals surface area contributed by atoms with Gasteiger partial charge in [0, 0.05) is 0 Å². The minimum Gasteiger partial charge on any atom is -0.394 e. The second-order valence-corrected chi connectivity index (χ2v) is 1.98. The molecule has 0 saturated heterocycles. The fourth-order valence-corrected chi connectivity index (χ4v) is 0.455. The first-order valence-corrected chi connectivity index (χ1v) is 2.90. The summed E-state index contributed by atoms with van der Waals surface area (Å²) in [5.74, 6) is -0.523. The highest BCUT2D eigenvalue weighted by Gasteiger charge is 2.18. The summed E-state index contributed by atoms with van der Waals surface area (Å²) in [5.41, 5.74) is 10.2. The highest BCUT2D eigenvalue weighted by molar-refractivity contribution is 5.88. The van der Waals surface area contributed by atoms with Crippen LogP contribution in [0.15, 0.2) is 0 Å². The van der Waals surface area contributed by atoms with Crippen LogP contribution in [0.2, 0.25) is 0 Å². The maximum Gasteiger partial charge on any atom is 0.170 e. The molecular formula is C5H12N2O3. The Morgan fingerprint density at radius 2 is 1.50 bits per heavy atom. The summed E-state index contributed by atoms with van der Waals surface area (Å²) in [6, 6.07) is -1.94. The molecule has 0 rings (SSSR count). The number of hydrogen-bond donors (Lipinski definition) is 4. The number of carbonyl (C=O) groups excluding carboxylic acids is 1. The topological polar surface area (TPSA) is 110 Å². The Kier molecular flexibility index (Phi) is 4.13. The van der Waals surface area contributed by atoms with E-state index < -0.39 is 31.1 Å². The number of aliphatic hydroxyl groups is 2. The van der Waals surface area contributed by atoms with Crippen LogP contribution in [-0.2, 0) is 4.79 Å². The van der Waals surface area contributed by atoms with Crippen molar-refractivity contribution < 1.29 is 15.0 Å². The predicted octanol–water partition coefficient (Wildman–Crippen LogP) is -2.81. The van der Waals surface area contributed by atoms with Gasteiger partial charge in [-0.3, -0.25) is 4.79 Å². The van der Waals surface area contributed by atoms with Gasteiger partial charge in [0.2, 0.25) is 0 Å². The van der Waals surface area contributed by atoms with Crippen molar-refractivity contribution >= 4 is 5.78 Å². The van der Waals surface area contributed by atoms with E-state index in [9.17, 15) is 4.79 Å². The summed E-state index contributed by atoms with van der Waals surface area (Å²) in [4.78, 5) is 10.7. The quantitative estimate of drug-likeness (QED) is 0.344. The molecule has 60 valence electrons. The summed E-state index contributed by atoms with van der Waals surface area (Å²) in [6.07, 6.45) is 0. The number of aliphatic hydroxyl groups excluding tert-OH is 2. The van der Waals surface area contributed by atoms with Crippen molar-refractivity contribution in [2.75, 3.05) is 13.2 Å². The molecule has 0 aromatic heterocycles. The summed E-state index contributed by atoms with van der Waals surface area (Å²) >= 11 is 0. The van der Waals surface area contributed by atoms with Crippen LogP contribution < -0.4 is 11.5 Å². The van der Waals surface area contributed by atoms with E-state index in [2.05, 4.69) is 0 Å². The summed E-state index contributed by atoms with van der Waals surface area (Å²) in [6.45, 7) is -0.876. The molecule has 0 saturated carbocycles. The van der Waals surface area contributed by atoms with Crippen molar-refractivity contribution in [1.29, 1.82) is 0 Å². The molecule has 0 radical (unpaired) electrons. The summed E-state index contributed by atoms with van der Waals surface area (Å²) in [5, 5.41) is 16.7. The normalized spacial score (nSPS) is 16.4. The first-order chi connectivity index (χ1) is 4.63. The lowest BCUT2D eigenvalue weighted by Crippen LogP contribution is -2.46. The molecule has 0 aliphatic carbocycles. The van der Waals surface area contributed by atoms with Gasteiger partial charge >= 0.3 is 0 Å². The van der Waals surface area contributed by atoms with E-state index in [4.69, 9.17) is 21.7 Å². The van der Waals surface area contributed by atoms with Gasteiger partial charge in [0.25, 0.3) is 0 Å². The zero-order valence-electron chi connectivity index (χ0n) is 5.53. The fourth-order valence-electron chi connectivity index (χ4n) is 0.455. The second kappa shape index (κ2) is 4.35. The van der Waals surface area contributed by atoms with Crippen molar-refractivity contribution in [2.45, 2.75) is 12.1 Å². The second-order valence-electron chi connectivity index (χ2n) is 1.98. The molecule has 0 fully saturated rings. The van der Waals surface area contributed by atoms with Gasteiger partial charge in [-0.15, -0.1) is 0 Å². The first-order valence-electron chi connectivity index (χ1n) is 2.90. The molecular weight excluding hydrogens is 136 g/mol. The summed E-state index contributed by atoms with van der Waals surface area (Å²) in [7, 11) is 0. The van der Waals surface area contributed by atoms with Crippen molar-refractivity contribution in [3.05, 3.63) is 0 Å². The molecule has 5 heteroatoms. The van der Waals surface area contributed by atoms with Crippen LogP contribution in [0.1, 0.15) is 0 Å². The fraction of sp³-hybridized carbons (Fsp3) is 0.800. The molecule has 0 unspecified atom stereocenters. The molecule has 6 N–H and O–H groups in total. The van der Waals surface area contributed by atoms with Gasteiger partial charge in [-0.25, -0.2) is 0 Å². The van der Waals surface area contributed by atoms with Crippen molar-refractivity contribution in [3.63, 3.8) is 0 Å². The SMILES string of the molecule is N[C@@H](CO)C(=O)[C@@H](N)CO. The van der Waals surface area contributed by atoms with Crippen LogP contribution in [0.4, 0.5) is 0 Å². The molecule has 0 aromatic carbocycles. The Morgan fingerprint density at radius 3 is 1.70 bits per heavy atom. The van der Waals surface area contributed by atoms with Gasteiger partial charge < -0.3 is 21.7 Å². The smallest absolute Gasteiger partial charge is 0.170 e. The third kappa shape index (κ3) is 2.40. The van der Waals surface area contributed by atoms with Crippen LogP contribution in [0.3, 0.4) is 0 Å². The van der Waals surface area contributed by atoms with Crippen LogP contribution in [-0.4, -0.2) is 41.3 Å². The van der Waals surface area contributed by atoms with E-state index in [-0.39, 0.29) is 0 Å². The van der Waals surface area contributed by atoms with Gasteiger partial charge in [-0.1, -0.05) is 0 Å². The Balaban J connectivity index is 3.82. The number of ketones is 1. The predicted molar refractivity (Wildman–Crippen MR) is 35.1 cm³/mol. The van der Waals surface area contributed by atoms with E-state index in [1.54, 1.807) is 0 Å². The average Bonchev–Trinajstić information content (AvgIpc) is 2.00. The van der Waals surface area contributed by atoms with E-state index in [1.807, 2.05) is 0 Å². The maximum atomic E-state index is 10.7. The monoisotopic (exact) mass is 148 g/mol. The zero-order chi connectivity index (χ0) is 8.15. The molecule has 10 heavy (non-hydrogen) atoms. The summed E-state index contributed by atoms with van der Waals surface area (Å²) < 4.78 is 0. The molecule has 0 aliphatic heterocycles. The van der Waals surface area contributed by atoms with Crippen molar-refractivity contribution in [2.24, 2.45) is 11.5 Å². The standard InChI is InChI=1S/C5H12N2O3/c6-3(1-8)5(10)4(7)2-9/h3-4,8-9H,1-2,6-7H2/t3-,4-/m0/s1. The largest absolute Gasteiger partial charge is 0.394 e. The maximum absolute atomic E-state index is 10.7. The number of nitrogens with two attached hydrogens (primary N) is 2. The lowest BCUT2D eigenvalue weighted by Gasteiger charge is -2.10. The Bertz CT molecular complexity index is 105. The molecule has 5 nitrogen and oxygen atoms in total. The third-order valence-corrected chi connectivity index (χ3v) is 1.12. The number of hydrogen-bond acceptors (Lipinski definition) is 5. The average molecular weight is 148 g/mol. The molecule has 0 aliphatic rings. The van der Waals surface area contributed by atoms with Crippen LogP contribution >= 0.6 is 0 Å². The van der Waals surface area contributed by atoms with Crippen molar-refractivity contribution in [3.8, 4) is 0 Å².